The van der Waals surface area contributed by atoms with Gasteiger partial charge in [-0.3, -0.25) is 14.5 Å². The summed E-state index contributed by atoms with van der Waals surface area (Å²) in [6.07, 6.45) is 3.43. The number of Topliss-reactive ketones (excluding diaryl/α,β-unsaturated/α-hetero) is 1. The number of nitrogens with zero attached hydrogens (tertiary/aromatic N) is 2. The van der Waals surface area contributed by atoms with Crippen LogP contribution in [0.1, 0.15) is 50.0 Å². The first-order chi connectivity index (χ1) is 14.5. The fraction of sp³-hybridized carbons (Fsp3) is 0.435. The van der Waals surface area contributed by atoms with Gasteiger partial charge < -0.3 is 9.26 Å². The molecule has 1 amide bonds. The van der Waals surface area contributed by atoms with Crippen LogP contribution in [0.25, 0.3) is 0 Å². The maximum atomic E-state index is 13.7. The summed E-state index contributed by atoms with van der Waals surface area (Å²) in [4.78, 5) is 28.6. The first-order valence-electron chi connectivity index (χ1n) is 10.4. The summed E-state index contributed by atoms with van der Waals surface area (Å²) in [5.41, 5.74) is 1.17. The molecule has 1 aromatic heterocycles. The molecule has 5 rings (SSSR count). The van der Waals surface area contributed by atoms with Crippen molar-refractivity contribution < 1.29 is 18.8 Å². The molecule has 1 aliphatic carbocycles. The summed E-state index contributed by atoms with van der Waals surface area (Å²) >= 11 is 6.25. The molecule has 7 heteroatoms. The van der Waals surface area contributed by atoms with E-state index in [1.54, 1.807) is 25.1 Å². The van der Waals surface area contributed by atoms with Crippen LogP contribution in [0.4, 0.5) is 5.82 Å². The van der Waals surface area contributed by atoms with Gasteiger partial charge in [-0.25, -0.2) is 0 Å². The van der Waals surface area contributed by atoms with Crippen molar-refractivity contribution in [3.8, 4) is 0 Å². The molecule has 2 aromatic rings. The lowest BCUT2D eigenvalue weighted by Crippen LogP contribution is -2.41. The van der Waals surface area contributed by atoms with Gasteiger partial charge in [0.05, 0.1) is 17.5 Å². The summed E-state index contributed by atoms with van der Waals surface area (Å²) < 4.78 is 11.4. The van der Waals surface area contributed by atoms with Crippen LogP contribution in [0.15, 0.2) is 46.2 Å². The van der Waals surface area contributed by atoms with Crippen molar-refractivity contribution in [3.05, 3.63) is 58.0 Å². The van der Waals surface area contributed by atoms with E-state index in [-0.39, 0.29) is 29.5 Å². The van der Waals surface area contributed by atoms with E-state index in [1.165, 1.54) is 4.90 Å². The Balaban J connectivity index is 1.63. The highest BCUT2D eigenvalue weighted by Gasteiger charge is 2.53. The second-order valence-corrected chi connectivity index (χ2v) is 8.82. The number of ketones is 1. The molecule has 1 aromatic carbocycles. The monoisotopic (exact) mass is 426 g/mol. The topological polar surface area (TPSA) is 72.6 Å². The lowest BCUT2D eigenvalue weighted by molar-refractivity contribution is -0.132. The van der Waals surface area contributed by atoms with Crippen molar-refractivity contribution in [1.29, 1.82) is 0 Å². The Labute approximate surface area is 179 Å². The zero-order valence-electron chi connectivity index (χ0n) is 16.9. The van der Waals surface area contributed by atoms with Gasteiger partial charge in [0.2, 0.25) is 0 Å². The molecule has 0 radical (unpaired) electrons. The number of rotatable bonds is 3. The van der Waals surface area contributed by atoms with Crippen molar-refractivity contribution in [2.45, 2.75) is 51.7 Å². The lowest BCUT2D eigenvalue weighted by Gasteiger charge is -2.38. The second kappa shape index (κ2) is 7.27. The van der Waals surface area contributed by atoms with Crippen LogP contribution in [-0.4, -0.2) is 23.0 Å². The first kappa shape index (κ1) is 19.4. The Bertz CT molecular complexity index is 1060. The third-order valence-corrected chi connectivity index (χ3v) is 6.80. The minimum atomic E-state index is -0.633. The molecule has 4 unspecified atom stereocenters. The fourth-order valence-electron chi connectivity index (χ4n) is 5.02. The summed E-state index contributed by atoms with van der Waals surface area (Å²) in [5, 5.41) is 4.59. The van der Waals surface area contributed by atoms with Crippen LogP contribution in [0.5, 0.6) is 0 Å². The summed E-state index contributed by atoms with van der Waals surface area (Å²) in [6.45, 7) is 3.92. The van der Waals surface area contributed by atoms with Crippen LogP contribution in [0.2, 0.25) is 5.02 Å². The minimum absolute atomic E-state index is 0.0143. The third kappa shape index (κ3) is 2.97. The Morgan fingerprint density at radius 2 is 2.07 bits per heavy atom. The van der Waals surface area contributed by atoms with Gasteiger partial charge in [-0.15, -0.1) is 0 Å². The Morgan fingerprint density at radius 1 is 1.23 bits per heavy atom. The summed E-state index contributed by atoms with van der Waals surface area (Å²) in [5.74, 6) is 1.06. The highest BCUT2D eigenvalue weighted by Crippen LogP contribution is 2.49. The van der Waals surface area contributed by atoms with E-state index in [2.05, 4.69) is 12.1 Å². The van der Waals surface area contributed by atoms with Gasteiger partial charge in [0, 0.05) is 11.1 Å². The maximum Gasteiger partial charge on any atom is 0.295 e. The third-order valence-electron chi connectivity index (χ3n) is 6.56. The second-order valence-electron chi connectivity index (χ2n) is 8.39. The molecule has 3 aliphatic rings. The van der Waals surface area contributed by atoms with Gasteiger partial charge in [-0.1, -0.05) is 42.2 Å². The molecule has 4 atom stereocenters. The normalized spacial score (nSPS) is 28.4. The van der Waals surface area contributed by atoms with Crippen LogP contribution in [0, 0.1) is 18.8 Å². The maximum absolute atomic E-state index is 13.7. The molecule has 1 fully saturated rings. The van der Waals surface area contributed by atoms with Crippen LogP contribution in [-0.2, 0) is 14.3 Å². The van der Waals surface area contributed by atoms with Crippen LogP contribution in [0.3, 0.4) is 0 Å². The molecule has 0 saturated heterocycles. The van der Waals surface area contributed by atoms with E-state index in [1.807, 2.05) is 12.1 Å². The fourth-order valence-corrected chi connectivity index (χ4v) is 5.22. The van der Waals surface area contributed by atoms with E-state index >= 15 is 0 Å². The average molecular weight is 427 g/mol. The van der Waals surface area contributed by atoms with E-state index in [9.17, 15) is 9.59 Å². The molecule has 6 nitrogen and oxygen atoms in total. The molecular weight excluding hydrogens is 404 g/mol. The van der Waals surface area contributed by atoms with Crippen molar-refractivity contribution in [2.24, 2.45) is 11.8 Å². The van der Waals surface area contributed by atoms with E-state index in [0.717, 1.165) is 31.2 Å². The molecular formula is C23H23ClN2O4. The predicted molar refractivity (Wildman–Crippen MR) is 111 cm³/mol. The SMILES string of the molecule is CCC1CCC2OC3=C(C(=O)C2C1)C(c1cccc(Cl)c1)N(c1cc(C)on1)C3=O. The number of aromatic nitrogens is 1. The van der Waals surface area contributed by atoms with Gasteiger partial charge in [0.15, 0.2) is 17.4 Å². The number of carbonyl (C=O) groups excluding carboxylic acids is 2. The largest absolute Gasteiger partial charge is 0.483 e. The Morgan fingerprint density at radius 3 is 2.77 bits per heavy atom. The number of amides is 1. The lowest BCUT2D eigenvalue weighted by atomic mass is 9.73. The van der Waals surface area contributed by atoms with Gasteiger partial charge in [0.25, 0.3) is 5.91 Å². The number of halogens is 1. The number of ether oxygens (including phenoxy) is 1. The highest BCUT2D eigenvalue weighted by atomic mass is 35.5. The Hall–Kier alpha value is -2.60. The molecule has 0 bridgehead atoms. The van der Waals surface area contributed by atoms with E-state index in [0.29, 0.717) is 28.1 Å². The van der Waals surface area contributed by atoms with Gasteiger partial charge in [-0.2, -0.15) is 0 Å². The molecule has 0 N–H and O–H groups in total. The highest BCUT2D eigenvalue weighted by molar-refractivity contribution is 6.30. The Kier molecular flexibility index (Phi) is 4.69. The number of hydrogen-bond acceptors (Lipinski definition) is 5. The average Bonchev–Trinajstić information content (AvgIpc) is 3.29. The molecule has 30 heavy (non-hydrogen) atoms. The number of aryl methyl sites for hydroxylation is 1. The van der Waals surface area contributed by atoms with Crippen molar-refractivity contribution >= 4 is 29.1 Å². The molecule has 1 saturated carbocycles. The van der Waals surface area contributed by atoms with Crippen LogP contribution >= 0.6 is 11.6 Å². The zero-order valence-corrected chi connectivity index (χ0v) is 17.7. The van der Waals surface area contributed by atoms with Crippen LogP contribution < -0.4 is 4.90 Å². The smallest absolute Gasteiger partial charge is 0.295 e. The molecule has 156 valence electrons. The minimum Gasteiger partial charge on any atom is -0.483 e. The number of hydrogen-bond donors (Lipinski definition) is 0. The van der Waals surface area contributed by atoms with Gasteiger partial charge in [-0.05, 0) is 49.8 Å². The van der Waals surface area contributed by atoms with Crippen molar-refractivity contribution in [1.82, 2.24) is 5.16 Å². The standard InChI is InChI=1S/C23H23ClN2O4/c1-3-13-7-8-17-16(10-13)21(27)19-20(14-5-4-6-15(24)11-14)26(23(28)22(19)29-17)18-9-12(2)30-25-18/h4-6,9,11,13,16-17,20H,3,7-8,10H2,1-2H3. The van der Waals surface area contributed by atoms with E-state index in [4.69, 9.17) is 20.9 Å². The molecule has 0 spiro atoms. The summed E-state index contributed by atoms with van der Waals surface area (Å²) in [7, 11) is 0. The number of carbonyl (C=O) groups is 2. The van der Waals surface area contributed by atoms with Crippen molar-refractivity contribution in [3.63, 3.8) is 0 Å². The van der Waals surface area contributed by atoms with E-state index < -0.39 is 6.04 Å². The first-order valence-corrected chi connectivity index (χ1v) is 10.8. The quantitative estimate of drug-likeness (QED) is 0.706. The predicted octanol–water partition coefficient (Wildman–Crippen LogP) is 4.77. The van der Waals surface area contributed by atoms with Gasteiger partial charge in [0.1, 0.15) is 11.9 Å². The number of benzene rings is 1. The number of fused-ring (bicyclic) bond motifs is 1. The zero-order chi connectivity index (χ0) is 21.0. The van der Waals surface area contributed by atoms with Crippen molar-refractivity contribution in [2.75, 3.05) is 4.90 Å². The molecule has 3 heterocycles. The van der Waals surface area contributed by atoms with Gasteiger partial charge >= 0.3 is 0 Å². The number of anilines is 1. The molecule has 2 aliphatic heterocycles. The summed E-state index contributed by atoms with van der Waals surface area (Å²) in [6, 6.07) is 8.30.